The van der Waals surface area contributed by atoms with Crippen LogP contribution in [0.25, 0.3) is 0 Å². The monoisotopic (exact) mass is 407 g/mol. The molecule has 3 rings (SSSR count). The summed E-state index contributed by atoms with van der Waals surface area (Å²) in [5, 5.41) is 3.13. The Hall–Kier alpha value is -0.870. The van der Waals surface area contributed by atoms with E-state index in [0.29, 0.717) is 18.0 Å². The smallest absolute Gasteiger partial charge is 0.244 e. The van der Waals surface area contributed by atoms with Gasteiger partial charge in [0, 0.05) is 6.54 Å². The van der Waals surface area contributed by atoms with Crippen molar-refractivity contribution in [2.24, 2.45) is 5.92 Å². The predicted octanol–water partition coefficient (Wildman–Crippen LogP) is 2.25. The number of sulfonamides is 2. The fourth-order valence-electron chi connectivity index (χ4n) is 3.50. The van der Waals surface area contributed by atoms with Crippen LogP contribution in [-0.2, 0) is 20.0 Å². The molecule has 2 aliphatic rings. The second-order valence-electron chi connectivity index (χ2n) is 6.48. The van der Waals surface area contributed by atoms with Crippen molar-refractivity contribution in [3.05, 3.63) is 17.2 Å². The highest BCUT2D eigenvalue weighted by Gasteiger charge is 2.33. The van der Waals surface area contributed by atoms with Gasteiger partial charge in [0.05, 0.1) is 16.9 Å². The molecule has 1 aromatic carbocycles. The van der Waals surface area contributed by atoms with Gasteiger partial charge in [-0.05, 0) is 24.5 Å². The van der Waals surface area contributed by atoms with Gasteiger partial charge in [-0.25, -0.2) is 21.6 Å². The Morgan fingerprint density at radius 2 is 1.96 bits per heavy atom. The third-order valence-corrected chi connectivity index (χ3v) is 8.14. The second-order valence-corrected chi connectivity index (χ2v) is 10.3. The Bertz CT molecular complexity index is 865. The van der Waals surface area contributed by atoms with Crippen molar-refractivity contribution in [2.75, 3.05) is 11.9 Å². The fourth-order valence-corrected chi connectivity index (χ4v) is 6.50. The molecule has 7 nitrogen and oxygen atoms in total. The van der Waals surface area contributed by atoms with Crippen molar-refractivity contribution < 1.29 is 16.8 Å². The highest BCUT2D eigenvalue weighted by Crippen LogP contribution is 2.36. The van der Waals surface area contributed by atoms with Crippen molar-refractivity contribution in [1.29, 1.82) is 0 Å². The first-order valence-electron chi connectivity index (χ1n) is 8.35. The molecule has 1 atom stereocenters. The minimum Gasteiger partial charge on any atom is -0.368 e. The third-order valence-electron chi connectivity index (χ3n) is 4.62. The summed E-state index contributed by atoms with van der Waals surface area (Å²) in [6.07, 6.45) is 4.86. The van der Waals surface area contributed by atoms with Crippen LogP contribution < -0.4 is 14.8 Å². The molecule has 0 spiro atoms. The van der Waals surface area contributed by atoms with Gasteiger partial charge in [-0.1, -0.05) is 44.2 Å². The number of hydrogen-bond donors (Lipinski definition) is 3. The lowest BCUT2D eigenvalue weighted by atomic mass is 10.0. The molecule has 0 amide bonds. The normalized spacial score (nSPS) is 23.2. The maximum Gasteiger partial charge on any atom is 0.244 e. The number of hydrogen-bond acceptors (Lipinski definition) is 5. The van der Waals surface area contributed by atoms with Crippen molar-refractivity contribution in [3.8, 4) is 0 Å². The van der Waals surface area contributed by atoms with E-state index >= 15 is 0 Å². The van der Waals surface area contributed by atoms with Crippen molar-refractivity contribution >= 4 is 37.3 Å². The number of rotatable bonds is 5. The summed E-state index contributed by atoms with van der Waals surface area (Å²) < 4.78 is 54.5. The zero-order valence-electron chi connectivity index (χ0n) is 13.9. The minimum absolute atomic E-state index is 0.0103. The zero-order valence-corrected chi connectivity index (χ0v) is 16.3. The molecule has 1 aromatic rings. The summed E-state index contributed by atoms with van der Waals surface area (Å²) in [7, 11) is -7.67. The molecular weight excluding hydrogens is 386 g/mol. The zero-order chi connectivity index (χ0) is 18.2. The van der Waals surface area contributed by atoms with Crippen LogP contribution in [0, 0.1) is 5.92 Å². The molecule has 0 radical (unpaired) electrons. The number of halogens is 1. The Kier molecular flexibility index (Phi) is 5.32. The van der Waals surface area contributed by atoms with Gasteiger partial charge in [0.15, 0.2) is 0 Å². The van der Waals surface area contributed by atoms with E-state index in [1.165, 1.54) is 18.9 Å². The first-order valence-corrected chi connectivity index (χ1v) is 11.7. The van der Waals surface area contributed by atoms with E-state index in [-0.39, 0.29) is 21.4 Å². The maximum atomic E-state index is 12.6. The van der Waals surface area contributed by atoms with Gasteiger partial charge >= 0.3 is 0 Å². The van der Waals surface area contributed by atoms with Gasteiger partial charge in [0.25, 0.3) is 0 Å². The van der Waals surface area contributed by atoms with Crippen LogP contribution in [0.15, 0.2) is 21.9 Å². The summed E-state index contributed by atoms with van der Waals surface area (Å²) in [5.74, 6) is 0.491. The maximum absolute atomic E-state index is 12.6. The molecule has 0 aromatic heterocycles. The van der Waals surface area contributed by atoms with Crippen molar-refractivity contribution in [2.45, 2.75) is 55.0 Å². The Morgan fingerprint density at radius 1 is 1.28 bits per heavy atom. The first-order chi connectivity index (χ1) is 11.7. The van der Waals surface area contributed by atoms with E-state index in [2.05, 4.69) is 14.8 Å². The van der Waals surface area contributed by atoms with Crippen LogP contribution in [0.5, 0.6) is 0 Å². The van der Waals surface area contributed by atoms with Gasteiger partial charge in [-0.3, -0.25) is 0 Å². The number of anilines is 1. The minimum atomic E-state index is -3.86. The molecule has 1 saturated carbocycles. The molecular formula is C15H22ClN3O4S2. The van der Waals surface area contributed by atoms with Crippen LogP contribution in [0.4, 0.5) is 5.69 Å². The molecule has 0 saturated heterocycles. The number of nitrogens with one attached hydrogen (secondary N) is 3. The molecule has 10 heteroatoms. The number of fused-ring (bicyclic) bond motifs is 1. The van der Waals surface area contributed by atoms with Crippen LogP contribution in [0.1, 0.15) is 39.0 Å². The topological polar surface area (TPSA) is 104 Å². The van der Waals surface area contributed by atoms with E-state index < -0.39 is 26.2 Å². The SMILES string of the molecule is CCNS(=O)(=O)c1cc2c(cc1Cl)NC(CC1CCCC1)NS2(=O)=O. The molecule has 25 heavy (non-hydrogen) atoms. The van der Waals surface area contributed by atoms with Crippen LogP contribution in [-0.4, -0.2) is 29.5 Å². The molecule has 1 fully saturated rings. The molecule has 3 N–H and O–H groups in total. The highest BCUT2D eigenvalue weighted by molar-refractivity contribution is 7.90. The summed E-state index contributed by atoms with van der Waals surface area (Å²) in [4.78, 5) is -0.341. The average Bonchev–Trinajstić information content (AvgIpc) is 2.98. The van der Waals surface area contributed by atoms with E-state index in [4.69, 9.17) is 11.6 Å². The largest absolute Gasteiger partial charge is 0.368 e. The van der Waals surface area contributed by atoms with Crippen molar-refractivity contribution in [3.63, 3.8) is 0 Å². The summed E-state index contributed by atoms with van der Waals surface area (Å²) >= 11 is 6.12. The van der Waals surface area contributed by atoms with E-state index in [9.17, 15) is 16.8 Å². The van der Waals surface area contributed by atoms with Gasteiger partial charge in [0.1, 0.15) is 9.79 Å². The summed E-state index contributed by atoms with van der Waals surface area (Å²) in [6.45, 7) is 1.82. The summed E-state index contributed by atoms with van der Waals surface area (Å²) in [6, 6.07) is 2.48. The Balaban J connectivity index is 1.95. The van der Waals surface area contributed by atoms with Crippen molar-refractivity contribution in [1.82, 2.24) is 9.44 Å². The summed E-state index contributed by atoms with van der Waals surface area (Å²) in [5.41, 5.74) is 0.335. The molecule has 1 aliphatic carbocycles. The molecule has 0 bridgehead atoms. The van der Waals surface area contributed by atoms with Gasteiger partial charge in [-0.2, -0.15) is 4.72 Å². The molecule has 1 heterocycles. The van der Waals surface area contributed by atoms with Crippen LogP contribution in [0.3, 0.4) is 0 Å². The molecule has 140 valence electrons. The van der Waals surface area contributed by atoms with Gasteiger partial charge in [-0.15, -0.1) is 0 Å². The predicted molar refractivity (Wildman–Crippen MR) is 96.6 cm³/mol. The van der Waals surface area contributed by atoms with Crippen LogP contribution in [0.2, 0.25) is 5.02 Å². The van der Waals surface area contributed by atoms with E-state index in [0.717, 1.165) is 18.9 Å². The first kappa shape index (κ1) is 18.9. The average molecular weight is 408 g/mol. The van der Waals surface area contributed by atoms with E-state index in [1.807, 2.05) is 0 Å². The Labute approximate surface area is 153 Å². The lowest BCUT2D eigenvalue weighted by molar-refractivity contribution is 0.438. The standard InChI is InChI=1S/C15H22ClN3O4S2/c1-2-17-24(20,21)13-9-14-12(8-11(13)16)18-15(19-25(14,22)23)7-10-5-3-4-6-10/h8-10,15,17-19H,2-7H2,1H3. The highest BCUT2D eigenvalue weighted by atomic mass is 35.5. The Morgan fingerprint density at radius 3 is 2.60 bits per heavy atom. The lowest BCUT2D eigenvalue weighted by Gasteiger charge is -2.30. The van der Waals surface area contributed by atoms with Gasteiger partial charge < -0.3 is 5.32 Å². The third kappa shape index (κ3) is 3.95. The number of benzene rings is 1. The second kappa shape index (κ2) is 7.03. The quantitative estimate of drug-likeness (QED) is 0.694. The van der Waals surface area contributed by atoms with E-state index in [1.54, 1.807) is 6.92 Å². The van der Waals surface area contributed by atoms with Gasteiger partial charge in [0.2, 0.25) is 20.0 Å². The van der Waals surface area contributed by atoms with Crippen LogP contribution >= 0.6 is 11.6 Å². The molecule has 1 aliphatic heterocycles. The molecule has 1 unspecified atom stereocenters. The fraction of sp³-hybridized carbons (Fsp3) is 0.600. The lowest BCUT2D eigenvalue weighted by Crippen LogP contribution is -2.45.